The van der Waals surface area contributed by atoms with Crippen LogP contribution < -0.4 is 14.2 Å². The van der Waals surface area contributed by atoms with Crippen molar-refractivity contribution in [3.05, 3.63) is 88.0 Å². The Morgan fingerprint density at radius 2 is 0.985 bits per heavy atom. The van der Waals surface area contributed by atoms with Crippen LogP contribution >= 0.6 is 14.6 Å². The average Bonchev–Trinajstić information content (AvgIpc) is 4.04. The fourth-order valence-corrected chi connectivity index (χ4v) is 15.1. The second-order valence-electron chi connectivity index (χ2n) is 19.8. The molecule has 358 valence electrons. The van der Waals surface area contributed by atoms with Gasteiger partial charge in [-0.3, -0.25) is 28.1 Å². The predicted molar refractivity (Wildman–Crippen MR) is 242 cm³/mol. The molecule has 0 spiro atoms. The number of rotatable bonds is 10. The number of hydrogen-bond donors (Lipinski definition) is 2. The predicted octanol–water partition coefficient (Wildman–Crippen LogP) is 7.45. The number of hydrogen-bond acceptors (Lipinski definition) is 15. The summed E-state index contributed by atoms with van der Waals surface area (Å²) < 4.78 is 72.3. The topological polar surface area (TPSA) is 245 Å². The molecule has 8 unspecified atom stereocenters. The molecule has 3 fully saturated rings. The number of likely N-dealkylation sites (tertiary alicyclic amines) is 3. The fraction of sp³-hybridized carbons (Fsp3) is 0.521. The van der Waals surface area contributed by atoms with Crippen LogP contribution in [0, 0.1) is 34.0 Å². The number of nitrogens with zero attached hydrogens (tertiary/aromatic N) is 6. The third kappa shape index (κ3) is 8.17. The van der Waals surface area contributed by atoms with Crippen LogP contribution in [-0.2, 0) is 32.3 Å². The first-order chi connectivity index (χ1) is 32.1. The monoisotopic (exact) mass is 968 g/mol. The standard InChI is InChI=1S/C48H54N6O12P2/c1-46(2)43(40(52-19-7-10-37(52)55)31-22-28(25-49)13-16-34(31)61-46)64-67(58,59)68(60,65-44-41(53-20-8-11-38(53)56)32-23-29(26-50)14-17-35(32)62-47(44,3)4)66-45-42(54-21-9-12-39(54)57)33-24-30(27-51)15-18-36(33)63-48(45,5)6/h13-18,22-24,37,40-45,55H,7-12,19-21H2,1-6H3,(H,58,59). The van der Waals surface area contributed by atoms with Gasteiger partial charge in [-0.15, -0.1) is 0 Å². The molecule has 6 aliphatic rings. The van der Waals surface area contributed by atoms with Crippen molar-refractivity contribution in [3.8, 4) is 35.5 Å². The highest BCUT2D eigenvalue weighted by Crippen LogP contribution is 2.84. The van der Waals surface area contributed by atoms with Gasteiger partial charge in [0.1, 0.15) is 58.6 Å². The number of carbonyl (C=O) groups excluding carboxylic acids is 2. The molecular weight excluding hydrogens is 915 g/mol. The largest absolute Gasteiger partial charge is 0.485 e. The molecule has 0 bridgehead atoms. The Bertz CT molecular complexity index is 2680. The zero-order chi connectivity index (χ0) is 48.7. The summed E-state index contributed by atoms with van der Waals surface area (Å²) in [6.45, 7) is 10.5. The summed E-state index contributed by atoms with van der Waals surface area (Å²) in [7, 11) is -11.8. The molecule has 6 aliphatic heterocycles. The van der Waals surface area contributed by atoms with Crippen molar-refractivity contribution < 1.29 is 56.5 Å². The highest BCUT2D eigenvalue weighted by molar-refractivity contribution is 8.27. The molecule has 9 rings (SSSR count). The molecule has 0 aromatic heterocycles. The summed E-state index contributed by atoms with van der Waals surface area (Å²) in [6.07, 6.45) is -3.45. The number of nitriles is 3. The van der Waals surface area contributed by atoms with Gasteiger partial charge in [-0.25, -0.2) is 9.13 Å². The van der Waals surface area contributed by atoms with Crippen LogP contribution in [0.4, 0.5) is 0 Å². The Morgan fingerprint density at radius 1 is 0.603 bits per heavy atom. The lowest BCUT2D eigenvalue weighted by molar-refractivity contribution is -0.141. The molecule has 2 amide bonds. The Kier molecular flexibility index (Phi) is 12.1. The number of carbonyl (C=O) groups is 2. The van der Waals surface area contributed by atoms with Crippen molar-refractivity contribution in [2.24, 2.45) is 0 Å². The van der Waals surface area contributed by atoms with E-state index in [9.17, 15) is 35.4 Å². The van der Waals surface area contributed by atoms with Crippen LogP contribution in [0.15, 0.2) is 54.6 Å². The van der Waals surface area contributed by atoms with Crippen LogP contribution in [0.1, 0.15) is 132 Å². The Balaban J connectivity index is 1.23. The van der Waals surface area contributed by atoms with Gasteiger partial charge in [0.2, 0.25) is 11.8 Å². The minimum Gasteiger partial charge on any atom is -0.485 e. The van der Waals surface area contributed by atoms with E-state index >= 15 is 9.13 Å². The summed E-state index contributed by atoms with van der Waals surface area (Å²) in [5.41, 5.74) is -2.82. The number of benzene rings is 3. The second kappa shape index (κ2) is 17.3. The molecule has 0 aliphatic carbocycles. The van der Waals surface area contributed by atoms with Crippen molar-refractivity contribution in [2.75, 3.05) is 19.6 Å². The highest BCUT2D eigenvalue weighted by Gasteiger charge is 2.64. The quantitative estimate of drug-likeness (QED) is 0.187. The number of fused-ring (bicyclic) bond motifs is 3. The number of ether oxygens (including phenoxy) is 3. The molecule has 20 heteroatoms. The normalized spacial score (nSPS) is 29.6. The van der Waals surface area contributed by atoms with Gasteiger partial charge in [0.25, 0.3) is 0 Å². The van der Waals surface area contributed by atoms with Gasteiger partial charge in [-0.1, -0.05) is 0 Å². The van der Waals surface area contributed by atoms with Crippen molar-refractivity contribution in [1.82, 2.24) is 14.7 Å². The van der Waals surface area contributed by atoms with Gasteiger partial charge in [0.05, 0.1) is 53.0 Å². The van der Waals surface area contributed by atoms with Crippen LogP contribution in [0.2, 0.25) is 0 Å². The Labute approximate surface area is 394 Å². The van der Waals surface area contributed by atoms with Gasteiger partial charge >= 0.3 is 14.6 Å². The second-order valence-corrected chi connectivity index (χ2v) is 25.4. The number of aliphatic hydroxyl groups is 1. The summed E-state index contributed by atoms with van der Waals surface area (Å²) >= 11 is 0. The van der Waals surface area contributed by atoms with Crippen LogP contribution in [-0.4, -0.2) is 97.5 Å². The van der Waals surface area contributed by atoms with E-state index in [-0.39, 0.29) is 54.4 Å². The summed E-state index contributed by atoms with van der Waals surface area (Å²) in [4.78, 5) is 45.3. The van der Waals surface area contributed by atoms with Crippen molar-refractivity contribution in [3.63, 3.8) is 0 Å². The van der Waals surface area contributed by atoms with E-state index in [0.717, 1.165) is 0 Å². The first-order valence-electron chi connectivity index (χ1n) is 22.8. The van der Waals surface area contributed by atoms with Gasteiger partial charge in [-0.2, -0.15) is 15.8 Å². The molecule has 18 nitrogen and oxygen atoms in total. The molecule has 6 heterocycles. The van der Waals surface area contributed by atoms with Crippen LogP contribution in [0.25, 0.3) is 0 Å². The van der Waals surface area contributed by atoms with Crippen molar-refractivity contribution in [1.29, 1.82) is 15.8 Å². The molecule has 8 atom stereocenters. The molecule has 68 heavy (non-hydrogen) atoms. The van der Waals surface area contributed by atoms with Gasteiger partial charge < -0.3 is 34.0 Å². The molecule has 3 aromatic rings. The maximum absolute atomic E-state index is 16.8. The van der Waals surface area contributed by atoms with Crippen LogP contribution in [0.5, 0.6) is 17.2 Å². The number of aliphatic hydroxyl groups excluding tert-OH is 1. The highest BCUT2D eigenvalue weighted by atomic mass is 32.1. The molecule has 3 aromatic carbocycles. The van der Waals surface area contributed by atoms with E-state index in [1.165, 1.54) is 21.9 Å². The van der Waals surface area contributed by atoms with Crippen LogP contribution in [0.3, 0.4) is 0 Å². The SMILES string of the molecule is CC1(C)Oc2ccc(C#N)cc2C(N2CCCC2=O)C1OP(=O)(OC1C(N2CCCC2=O)c2cc(C#N)ccc2OC1(C)C)P(=O)(O)OC1C(N2CCCC2O)c2cc(C#N)ccc2OC1(C)C. The lowest BCUT2D eigenvalue weighted by Gasteiger charge is -2.51. The molecule has 3 saturated heterocycles. The summed E-state index contributed by atoms with van der Waals surface area (Å²) in [5, 5.41) is 41.4. The third-order valence-corrected chi connectivity index (χ3v) is 18.8. The lowest BCUT2D eigenvalue weighted by Crippen LogP contribution is -2.57. The van der Waals surface area contributed by atoms with Gasteiger partial charge in [0, 0.05) is 49.2 Å². The smallest absolute Gasteiger partial charge is 0.442 e. The third-order valence-electron chi connectivity index (χ3n) is 14.0. The minimum absolute atomic E-state index is 0.173. The van der Waals surface area contributed by atoms with E-state index < -0.39 is 74.0 Å². The Morgan fingerprint density at radius 3 is 1.32 bits per heavy atom. The molecular formula is C48H54N6O12P2. The maximum Gasteiger partial charge on any atom is 0.442 e. The molecule has 0 radical (unpaired) electrons. The van der Waals surface area contributed by atoms with E-state index in [0.29, 0.717) is 66.2 Å². The van der Waals surface area contributed by atoms with E-state index in [2.05, 4.69) is 18.2 Å². The fourth-order valence-electron chi connectivity index (χ4n) is 10.7. The van der Waals surface area contributed by atoms with E-state index in [4.69, 9.17) is 27.8 Å². The van der Waals surface area contributed by atoms with Gasteiger partial charge in [-0.05, 0) is 122 Å². The number of amides is 2. The first kappa shape index (κ1) is 47.7. The van der Waals surface area contributed by atoms with E-state index in [1.54, 1.807) is 88.9 Å². The lowest BCUT2D eigenvalue weighted by atomic mass is 9.85. The first-order valence-corrected chi connectivity index (χ1v) is 26.6. The maximum atomic E-state index is 16.8. The minimum atomic E-state index is -5.95. The van der Waals surface area contributed by atoms with Gasteiger partial charge in [0.15, 0.2) is 0 Å². The average molecular weight is 969 g/mol. The zero-order valence-electron chi connectivity index (χ0n) is 38.7. The molecule has 0 saturated carbocycles. The Hall–Kier alpha value is -5.31. The van der Waals surface area contributed by atoms with E-state index in [1.807, 2.05) is 0 Å². The summed E-state index contributed by atoms with van der Waals surface area (Å²) in [5.74, 6) is 0.389. The molecule has 2 N–H and O–H groups in total. The van der Waals surface area contributed by atoms with Crippen molar-refractivity contribution >= 4 is 26.4 Å². The zero-order valence-corrected chi connectivity index (χ0v) is 40.4. The van der Waals surface area contributed by atoms with Crippen molar-refractivity contribution in [2.45, 2.75) is 140 Å². The summed E-state index contributed by atoms with van der Waals surface area (Å²) in [6, 6.07) is 17.1.